The number of nitrogens with zero attached hydrogens (tertiary/aromatic N) is 2. The maximum atomic E-state index is 12.8. The molecule has 0 aliphatic carbocycles. The summed E-state index contributed by atoms with van der Waals surface area (Å²) in [4.78, 5) is 36.8. The van der Waals surface area contributed by atoms with Gasteiger partial charge in [0.05, 0.1) is 16.4 Å². The third-order valence-electron chi connectivity index (χ3n) is 5.45. The third kappa shape index (κ3) is 5.34. The number of rotatable bonds is 8. The largest absolute Gasteiger partial charge is 0.450 e. The van der Waals surface area contributed by atoms with Crippen molar-refractivity contribution < 1.29 is 32.1 Å². The zero-order valence-corrected chi connectivity index (χ0v) is 18.5. The number of ether oxygens (including phenoxy) is 1. The standard InChI is InChI=1S/C21H24N2O8S/c1-3-14(2)22(17-10-11-32(28,29)13-17)20(24)12-30-21(25)19-9-8-18(31-19)15-4-6-16(7-5-15)23(26)27/h4-9,14,17H,3,10-13H2,1-2H3. The summed E-state index contributed by atoms with van der Waals surface area (Å²) in [5.74, 6) is -1.16. The molecule has 0 spiro atoms. The second-order valence-corrected chi connectivity index (χ2v) is 9.89. The van der Waals surface area contributed by atoms with Crippen molar-refractivity contribution in [3.8, 4) is 11.3 Å². The first-order valence-corrected chi connectivity index (χ1v) is 12.0. The Morgan fingerprint density at radius 1 is 1.25 bits per heavy atom. The lowest BCUT2D eigenvalue weighted by Gasteiger charge is -2.33. The van der Waals surface area contributed by atoms with Crippen molar-refractivity contribution in [1.82, 2.24) is 4.90 Å². The number of benzene rings is 1. The molecule has 3 rings (SSSR count). The molecular formula is C21H24N2O8S. The Labute approximate surface area is 185 Å². The van der Waals surface area contributed by atoms with E-state index in [-0.39, 0.29) is 29.0 Å². The van der Waals surface area contributed by atoms with Gasteiger partial charge in [-0.15, -0.1) is 0 Å². The fourth-order valence-electron chi connectivity index (χ4n) is 3.62. The highest BCUT2D eigenvalue weighted by Crippen LogP contribution is 2.25. The van der Waals surface area contributed by atoms with Gasteiger partial charge in [-0.1, -0.05) is 6.92 Å². The highest BCUT2D eigenvalue weighted by molar-refractivity contribution is 7.91. The van der Waals surface area contributed by atoms with Gasteiger partial charge in [0.15, 0.2) is 16.4 Å². The minimum Gasteiger partial charge on any atom is -0.450 e. The molecule has 1 aromatic heterocycles. The van der Waals surface area contributed by atoms with E-state index in [1.165, 1.54) is 41.3 Å². The molecule has 10 nitrogen and oxygen atoms in total. The number of furan rings is 1. The van der Waals surface area contributed by atoms with Gasteiger partial charge in [0.1, 0.15) is 5.76 Å². The first-order chi connectivity index (χ1) is 15.1. The predicted molar refractivity (Wildman–Crippen MR) is 115 cm³/mol. The topological polar surface area (TPSA) is 137 Å². The number of carbonyl (C=O) groups is 2. The van der Waals surface area contributed by atoms with E-state index < -0.39 is 39.3 Å². The maximum Gasteiger partial charge on any atom is 0.374 e. The number of sulfone groups is 1. The number of amides is 1. The van der Waals surface area contributed by atoms with Crippen molar-refractivity contribution in [2.45, 2.75) is 38.8 Å². The fourth-order valence-corrected chi connectivity index (χ4v) is 5.34. The van der Waals surface area contributed by atoms with Crippen LogP contribution in [0.3, 0.4) is 0 Å². The molecule has 172 valence electrons. The smallest absolute Gasteiger partial charge is 0.374 e. The van der Waals surface area contributed by atoms with Gasteiger partial charge in [0, 0.05) is 29.8 Å². The second kappa shape index (κ2) is 9.51. The van der Waals surface area contributed by atoms with Gasteiger partial charge in [-0.3, -0.25) is 14.9 Å². The highest BCUT2D eigenvalue weighted by atomic mass is 32.2. The molecule has 0 saturated carbocycles. The lowest BCUT2D eigenvalue weighted by molar-refractivity contribution is -0.384. The minimum absolute atomic E-state index is 0.0372. The fraction of sp³-hybridized carbons (Fsp3) is 0.429. The van der Waals surface area contributed by atoms with Crippen LogP contribution >= 0.6 is 0 Å². The number of hydrogen-bond acceptors (Lipinski definition) is 8. The molecule has 1 aliphatic heterocycles. The molecule has 2 unspecified atom stereocenters. The Bertz CT molecular complexity index is 1110. The van der Waals surface area contributed by atoms with E-state index in [1.807, 2.05) is 13.8 Å². The van der Waals surface area contributed by atoms with Crippen molar-refractivity contribution in [3.63, 3.8) is 0 Å². The van der Waals surface area contributed by atoms with E-state index in [2.05, 4.69) is 0 Å². The predicted octanol–water partition coefficient (Wildman–Crippen LogP) is 2.83. The molecule has 0 N–H and O–H groups in total. The summed E-state index contributed by atoms with van der Waals surface area (Å²) < 4.78 is 34.3. The summed E-state index contributed by atoms with van der Waals surface area (Å²) >= 11 is 0. The van der Waals surface area contributed by atoms with Crippen LogP contribution in [-0.2, 0) is 19.4 Å². The van der Waals surface area contributed by atoms with E-state index in [4.69, 9.17) is 9.15 Å². The van der Waals surface area contributed by atoms with Gasteiger partial charge in [-0.2, -0.15) is 0 Å². The number of nitro benzene ring substituents is 1. The number of nitro groups is 1. The van der Waals surface area contributed by atoms with Crippen LogP contribution in [0.4, 0.5) is 5.69 Å². The van der Waals surface area contributed by atoms with E-state index in [9.17, 15) is 28.1 Å². The van der Waals surface area contributed by atoms with E-state index in [0.717, 1.165) is 0 Å². The van der Waals surface area contributed by atoms with Gasteiger partial charge < -0.3 is 14.1 Å². The lowest BCUT2D eigenvalue weighted by atomic mass is 10.1. The molecular weight excluding hydrogens is 440 g/mol. The van der Waals surface area contributed by atoms with Crippen molar-refractivity contribution in [3.05, 3.63) is 52.3 Å². The Kier molecular flexibility index (Phi) is 6.97. The SMILES string of the molecule is CCC(C)N(C(=O)COC(=O)c1ccc(-c2ccc([N+](=O)[O-])cc2)o1)C1CCS(=O)(=O)C1. The number of esters is 1. The summed E-state index contributed by atoms with van der Waals surface area (Å²) in [6.45, 7) is 3.18. The first-order valence-electron chi connectivity index (χ1n) is 10.1. The number of carbonyl (C=O) groups excluding carboxylic acids is 2. The lowest BCUT2D eigenvalue weighted by Crippen LogP contribution is -2.48. The van der Waals surface area contributed by atoms with Crippen LogP contribution in [-0.4, -0.2) is 60.3 Å². The quantitative estimate of drug-likeness (QED) is 0.330. The number of non-ortho nitro benzene ring substituents is 1. The summed E-state index contributed by atoms with van der Waals surface area (Å²) in [6.07, 6.45) is 0.996. The van der Waals surface area contributed by atoms with E-state index in [1.54, 1.807) is 0 Å². The molecule has 2 atom stereocenters. The van der Waals surface area contributed by atoms with Gasteiger partial charge in [-0.25, -0.2) is 13.2 Å². The molecule has 2 heterocycles. The molecule has 1 saturated heterocycles. The van der Waals surface area contributed by atoms with E-state index >= 15 is 0 Å². The second-order valence-electron chi connectivity index (χ2n) is 7.66. The van der Waals surface area contributed by atoms with Crippen molar-refractivity contribution in [2.75, 3.05) is 18.1 Å². The third-order valence-corrected chi connectivity index (χ3v) is 7.20. The first kappa shape index (κ1) is 23.5. The monoisotopic (exact) mass is 464 g/mol. The molecule has 1 fully saturated rings. The summed E-state index contributed by atoms with van der Waals surface area (Å²) in [7, 11) is -3.18. The van der Waals surface area contributed by atoms with Gasteiger partial charge >= 0.3 is 5.97 Å². The van der Waals surface area contributed by atoms with Crippen LogP contribution in [0.2, 0.25) is 0 Å². The normalized spacial score (nSPS) is 18.1. The Morgan fingerprint density at radius 3 is 2.50 bits per heavy atom. The Balaban J connectivity index is 1.64. The summed E-state index contributed by atoms with van der Waals surface area (Å²) in [5.41, 5.74) is 0.468. The van der Waals surface area contributed by atoms with Crippen LogP contribution in [0.25, 0.3) is 11.3 Å². The molecule has 0 bridgehead atoms. The number of hydrogen-bond donors (Lipinski definition) is 0. The van der Waals surface area contributed by atoms with Crippen LogP contribution < -0.4 is 0 Å². The van der Waals surface area contributed by atoms with E-state index in [0.29, 0.717) is 24.2 Å². The summed E-state index contributed by atoms with van der Waals surface area (Å²) in [6, 6.07) is 7.91. The molecule has 11 heteroatoms. The van der Waals surface area contributed by atoms with Gasteiger partial charge in [0.2, 0.25) is 5.76 Å². The minimum atomic E-state index is -3.18. The molecule has 1 aromatic carbocycles. The van der Waals surface area contributed by atoms with Gasteiger partial charge in [-0.05, 0) is 44.0 Å². The maximum absolute atomic E-state index is 12.8. The summed E-state index contributed by atoms with van der Waals surface area (Å²) in [5, 5.41) is 10.8. The molecule has 1 aliphatic rings. The van der Waals surface area contributed by atoms with Crippen molar-refractivity contribution >= 4 is 27.4 Å². The van der Waals surface area contributed by atoms with Gasteiger partial charge in [0.25, 0.3) is 11.6 Å². The van der Waals surface area contributed by atoms with Crippen LogP contribution in [0.5, 0.6) is 0 Å². The van der Waals surface area contributed by atoms with Crippen molar-refractivity contribution in [1.29, 1.82) is 0 Å². The van der Waals surface area contributed by atoms with Crippen LogP contribution in [0.15, 0.2) is 40.8 Å². The van der Waals surface area contributed by atoms with Crippen LogP contribution in [0, 0.1) is 10.1 Å². The molecule has 2 aromatic rings. The molecule has 1 amide bonds. The zero-order valence-electron chi connectivity index (χ0n) is 17.7. The van der Waals surface area contributed by atoms with Crippen molar-refractivity contribution in [2.24, 2.45) is 0 Å². The average Bonchev–Trinajstić information content (AvgIpc) is 3.39. The Morgan fingerprint density at radius 2 is 1.94 bits per heavy atom. The molecule has 32 heavy (non-hydrogen) atoms. The highest BCUT2D eigenvalue weighted by Gasteiger charge is 2.36. The zero-order chi connectivity index (χ0) is 23.5. The molecule has 0 radical (unpaired) electrons. The average molecular weight is 464 g/mol. The Hall–Kier alpha value is -3.21. The van der Waals surface area contributed by atoms with Crippen LogP contribution in [0.1, 0.15) is 37.2 Å².